The van der Waals surface area contributed by atoms with Gasteiger partial charge in [-0.15, -0.1) is 6.58 Å². The zero-order valence-corrected chi connectivity index (χ0v) is 10.6. The second-order valence-electron chi connectivity index (χ2n) is 4.36. The number of hydrogen-bond donors (Lipinski definition) is 0. The van der Waals surface area contributed by atoms with Crippen LogP contribution in [-0.4, -0.2) is 25.5 Å². The zero-order chi connectivity index (χ0) is 14.0. The largest absolute Gasteiger partial charge is 0.465 e. The summed E-state index contributed by atoms with van der Waals surface area (Å²) in [6, 6.07) is 3.83. The Balaban J connectivity index is 2.36. The topological polar surface area (TPSA) is 46.6 Å². The maximum absolute atomic E-state index is 13.8. The number of hydrogen-bond acceptors (Lipinski definition) is 3. The molecule has 0 saturated carbocycles. The van der Waals surface area contributed by atoms with Crippen LogP contribution in [-0.2, 0) is 9.53 Å². The SMILES string of the molecule is C=CC1CC(=O)N(c2cc(C(=O)OC)ccc2F)C1. The minimum absolute atomic E-state index is 0.00804. The van der Waals surface area contributed by atoms with Gasteiger partial charge in [-0.05, 0) is 18.2 Å². The Bertz CT molecular complexity index is 541. The summed E-state index contributed by atoms with van der Waals surface area (Å²) in [7, 11) is 1.25. The highest BCUT2D eigenvalue weighted by atomic mass is 19.1. The van der Waals surface area contributed by atoms with Gasteiger partial charge in [0.05, 0.1) is 18.4 Å². The number of anilines is 1. The van der Waals surface area contributed by atoms with Crippen molar-refractivity contribution in [1.82, 2.24) is 0 Å². The molecule has 1 amide bonds. The van der Waals surface area contributed by atoms with Crippen molar-refractivity contribution in [1.29, 1.82) is 0 Å². The Labute approximate surface area is 110 Å². The molecule has 1 heterocycles. The lowest BCUT2D eigenvalue weighted by Gasteiger charge is -2.17. The first-order chi connectivity index (χ1) is 9.06. The van der Waals surface area contributed by atoms with Gasteiger partial charge in [-0.25, -0.2) is 9.18 Å². The van der Waals surface area contributed by atoms with Crippen molar-refractivity contribution in [3.63, 3.8) is 0 Å². The van der Waals surface area contributed by atoms with Gasteiger partial charge in [-0.1, -0.05) is 6.08 Å². The third-order valence-corrected chi connectivity index (χ3v) is 3.15. The van der Waals surface area contributed by atoms with Crippen LogP contribution in [0.4, 0.5) is 10.1 Å². The van der Waals surface area contributed by atoms with Crippen molar-refractivity contribution < 1.29 is 18.7 Å². The van der Waals surface area contributed by atoms with Crippen LogP contribution < -0.4 is 4.90 Å². The molecule has 4 nitrogen and oxygen atoms in total. The third-order valence-electron chi connectivity index (χ3n) is 3.15. The number of esters is 1. The minimum Gasteiger partial charge on any atom is -0.465 e. The third kappa shape index (κ3) is 2.50. The van der Waals surface area contributed by atoms with E-state index in [0.29, 0.717) is 13.0 Å². The lowest BCUT2D eigenvalue weighted by atomic mass is 10.1. The van der Waals surface area contributed by atoms with Crippen LogP contribution >= 0.6 is 0 Å². The first-order valence-corrected chi connectivity index (χ1v) is 5.87. The number of carbonyl (C=O) groups excluding carboxylic acids is 2. The monoisotopic (exact) mass is 263 g/mol. The Morgan fingerprint density at radius 3 is 2.89 bits per heavy atom. The summed E-state index contributed by atoms with van der Waals surface area (Å²) in [6.45, 7) is 4.02. The fourth-order valence-corrected chi connectivity index (χ4v) is 2.09. The number of nitrogens with zero attached hydrogens (tertiary/aromatic N) is 1. The van der Waals surface area contributed by atoms with E-state index in [1.807, 2.05) is 0 Å². The predicted molar refractivity (Wildman–Crippen MR) is 68.4 cm³/mol. The fourth-order valence-electron chi connectivity index (χ4n) is 2.09. The molecule has 1 fully saturated rings. The molecule has 0 aliphatic carbocycles. The molecule has 2 rings (SSSR count). The maximum atomic E-state index is 13.8. The van der Waals surface area contributed by atoms with Gasteiger partial charge in [0, 0.05) is 18.9 Å². The summed E-state index contributed by atoms with van der Waals surface area (Å²) in [5.41, 5.74) is 0.325. The molecule has 0 spiro atoms. The number of rotatable bonds is 3. The molecule has 1 atom stereocenters. The lowest BCUT2D eigenvalue weighted by Crippen LogP contribution is -2.25. The van der Waals surface area contributed by atoms with E-state index in [2.05, 4.69) is 11.3 Å². The van der Waals surface area contributed by atoms with E-state index in [9.17, 15) is 14.0 Å². The van der Waals surface area contributed by atoms with Crippen LogP contribution in [0.1, 0.15) is 16.8 Å². The van der Waals surface area contributed by atoms with Crippen LogP contribution in [0.2, 0.25) is 0 Å². The average Bonchev–Trinajstić information content (AvgIpc) is 2.79. The number of amides is 1. The van der Waals surface area contributed by atoms with E-state index in [1.54, 1.807) is 6.08 Å². The molecule has 1 aromatic rings. The Kier molecular flexibility index (Phi) is 3.64. The summed E-state index contributed by atoms with van der Waals surface area (Å²) in [5.74, 6) is -1.27. The molecule has 1 aliphatic heterocycles. The molecule has 1 aliphatic rings. The molecule has 19 heavy (non-hydrogen) atoms. The van der Waals surface area contributed by atoms with Crippen LogP contribution in [0.25, 0.3) is 0 Å². The van der Waals surface area contributed by atoms with E-state index in [0.717, 1.165) is 6.07 Å². The van der Waals surface area contributed by atoms with E-state index in [-0.39, 0.29) is 23.1 Å². The lowest BCUT2D eigenvalue weighted by molar-refractivity contribution is -0.117. The van der Waals surface area contributed by atoms with Crippen LogP contribution in [0, 0.1) is 11.7 Å². The van der Waals surface area contributed by atoms with Crippen LogP contribution in [0.5, 0.6) is 0 Å². The highest BCUT2D eigenvalue weighted by Crippen LogP contribution is 2.28. The Morgan fingerprint density at radius 2 is 2.32 bits per heavy atom. The second-order valence-corrected chi connectivity index (χ2v) is 4.36. The average molecular weight is 263 g/mol. The number of methoxy groups -OCH3 is 1. The van der Waals surface area contributed by atoms with Crippen LogP contribution in [0.3, 0.4) is 0 Å². The fraction of sp³-hybridized carbons (Fsp3) is 0.286. The van der Waals surface area contributed by atoms with Crippen molar-refractivity contribution >= 4 is 17.6 Å². The number of carbonyl (C=O) groups is 2. The summed E-state index contributed by atoms with van der Waals surface area (Å²) in [4.78, 5) is 24.6. The molecule has 0 aromatic heterocycles. The van der Waals surface area contributed by atoms with Crippen molar-refractivity contribution in [2.75, 3.05) is 18.6 Å². The molecular formula is C14H14FNO3. The highest BCUT2D eigenvalue weighted by Gasteiger charge is 2.30. The van der Waals surface area contributed by atoms with Gasteiger partial charge in [0.2, 0.25) is 5.91 Å². The summed E-state index contributed by atoms with van der Waals surface area (Å²) >= 11 is 0. The quantitative estimate of drug-likeness (QED) is 0.620. The molecule has 5 heteroatoms. The summed E-state index contributed by atoms with van der Waals surface area (Å²) < 4.78 is 18.4. The Morgan fingerprint density at radius 1 is 1.58 bits per heavy atom. The molecule has 0 bridgehead atoms. The van der Waals surface area contributed by atoms with Gasteiger partial charge < -0.3 is 9.64 Å². The smallest absolute Gasteiger partial charge is 0.337 e. The zero-order valence-electron chi connectivity index (χ0n) is 10.6. The molecule has 0 N–H and O–H groups in total. The second kappa shape index (κ2) is 5.22. The van der Waals surface area contributed by atoms with Crippen molar-refractivity contribution in [3.05, 3.63) is 42.2 Å². The van der Waals surface area contributed by atoms with Gasteiger partial charge in [0.1, 0.15) is 5.82 Å². The molecule has 1 unspecified atom stereocenters. The van der Waals surface area contributed by atoms with E-state index >= 15 is 0 Å². The van der Waals surface area contributed by atoms with Crippen molar-refractivity contribution in [2.45, 2.75) is 6.42 Å². The molecule has 1 saturated heterocycles. The first-order valence-electron chi connectivity index (χ1n) is 5.87. The summed E-state index contributed by atoms with van der Waals surface area (Å²) in [6.07, 6.45) is 1.99. The van der Waals surface area contributed by atoms with Gasteiger partial charge in [-0.2, -0.15) is 0 Å². The number of benzene rings is 1. The molecular weight excluding hydrogens is 249 g/mol. The van der Waals surface area contributed by atoms with Gasteiger partial charge in [0.15, 0.2) is 0 Å². The van der Waals surface area contributed by atoms with Crippen molar-refractivity contribution in [3.8, 4) is 0 Å². The van der Waals surface area contributed by atoms with Gasteiger partial charge >= 0.3 is 5.97 Å². The molecule has 0 radical (unpaired) electrons. The summed E-state index contributed by atoms with van der Waals surface area (Å²) in [5, 5.41) is 0. The first kappa shape index (κ1) is 13.3. The van der Waals surface area contributed by atoms with Crippen LogP contribution in [0.15, 0.2) is 30.9 Å². The highest BCUT2D eigenvalue weighted by molar-refractivity contribution is 5.98. The van der Waals surface area contributed by atoms with Gasteiger partial charge in [0.25, 0.3) is 0 Å². The Hall–Kier alpha value is -2.17. The predicted octanol–water partition coefficient (Wildman–Crippen LogP) is 2.15. The van der Waals surface area contributed by atoms with Crippen molar-refractivity contribution in [2.24, 2.45) is 5.92 Å². The number of halogens is 1. The molecule has 100 valence electrons. The molecule has 1 aromatic carbocycles. The van der Waals surface area contributed by atoms with E-state index in [4.69, 9.17) is 0 Å². The maximum Gasteiger partial charge on any atom is 0.337 e. The van der Waals surface area contributed by atoms with Gasteiger partial charge in [-0.3, -0.25) is 4.79 Å². The van der Waals surface area contributed by atoms with E-state index in [1.165, 1.54) is 24.1 Å². The van der Waals surface area contributed by atoms with E-state index < -0.39 is 11.8 Å². The standard InChI is InChI=1S/C14H14FNO3/c1-3-9-6-13(17)16(8-9)12-7-10(14(18)19-2)4-5-11(12)15/h3-5,7,9H,1,6,8H2,2H3. The minimum atomic E-state index is -0.562. The number of ether oxygens (including phenoxy) is 1. The normalized spacial score (nSPS) is 18.5.